The molecule has 0 aromatic heterocycles. The van der Waals surface area contributed by atoms with Crippen molar-refractivity contribution in [2.75, 3.05) is 6.54 Å². The predicted octanol–water partition coefficient (Wildman–Crippen LogP) is 3.53. The van der Waals surface area contributed by atoms with Crippen LogP contribution in [0, 0.1) is 19.7 Å². The molecule has 2 rings (SSSR count). The third-order valence-corrected chi connectivity index (χ3v) is 3.45. The third-order valence-electron chi connectivity index (χ3n) is 3.45. The monoisotopic (exact) mass is 243 g/mol. The molecule has 1 atom stereocenters. The molecule has 0 aliphatic heterocycles. The average molecular weight is 243 g/mol. The number of hydrogen-bond donors (Lipinski definition) is 1. The molecule has 0 aliphatic carbocycles. The van der Waals surface area contributed by atoms with Gasteiger partial charge in [-0.2, -0.15) is 0 Å². The Bertz CT molecular complexity index is 549. The van der Waals surface area contributed by atoms with E-state index in [4.69, 9.17) is 5.73 Å². The molecule has 0 radical (unpaired) electrons. The van der Waals surface area contributed by atoms with Crippen LogP contribution in [0.5, 0.6) is 0 Å². The molecule has 1 nitrogen and oxygen atoms in total. The van der Waals surface area contributed by atoms with Gasteiger partial charge in [-0.1, -0.05) is 36.4 Å². The van der Waals surface area contributed by atoms with Crippen molar-refractivity contribution in [2.24, 2.45) is 5.73 Å². The van der Waals surface area contributed by atoms with Gasteiger partial charge in [0, 0.05) is 12.5 Å². The Morgan fingerprint density at radius 2 is 1.78 bits per heavy atom. The molecule has 2 aromatic rings. The molecule has 0 aliphatic rings. The second-order valence-electron chi connectivity index (χ2n) is 4.65. The van der Waals surface area contributed by atoms with Crippen LogP contribution in [-0.2, 0) is 0 Å². The Balaban J connectivity index is 2.45. The van der Waals surface area contributed by atoms with Gasteiger partial charge in [0.05, 0.1) is 0 Å². The van der Waals surface area contributed by atoms with Crippen molar-refractivity contribution in [1.82, 2.24) is 0 Å². The van der Waals surface area contributed by atoms with Crippen LogP contribution in [0.3, 0.4) is 0 Å². The van der Waals surface area contributed by atoms with E-state index in [1.807, 2.05) is 18.2 Å². The number of rotatable bonds is 3. The van der Waals surface area contributed by atoms with Crippen LogP contribution in [-0.4, -0.2) is 6.54 Å². The smallest absolute Gasteiger partial charge is 0.127 e. The van der Waals surface area contributed by atoms with E-state index in [1.54, 1.807) is 6.07 Å². The standard InChI is InChI=1S/C16H18FN/c1-11-7-8-13(9-12(11)2)15(10-18)14-5-3-4-6-16(14)17/h3-9,15H,10,18H2,1-2H3. The summed E-state index contributed by atoms with van der Waals surface area (Å²) >= 11 is 0. The fourth-order valence-electron chi connectivity index (χ4n) is 2.18. The van der Waals surface area contributed by atoms with Gasteiger partial charge >= 0.3 is 0 Å². The van der Waals surface area contributed by atoms with Crippen LogP contribution in [0.4, 0.5) is 4.39 Å². The van der Waals surface area contributed by atoms with Gasteiger partial charge in [0.2, 0.25) is 0 Å². The van der Waals surface area contributed by atoms with Crippen molar-refractivity contribution < 1.29 is 4.39 Å². The minimum atomic E-state index is -0.189. The molecule has 2 aromatic carbocycles. The molecule has 2 N–H and O–H groups in total. The highest BCUT2D eigenvalue weighted by Crippen LogP contribution is 2.27. The van der Waals surface area contributed by atoms with Crippen LogP contribution in [0.25, 0.3) is 0 Å². The Morgan fingerprint density at radius 1 is 1.06 bits per heavy atom. The van der Waals surface area contributed by atoms with Crippen LogP contribution in [0.15, 0.2) is 42.5 Å². The van der Waals surface area contributed by atoms with Crippen LogP contribution >= 0.6 is 0 Å². The first-order valence-electron chi connectivity index (χ1n) is 6.15. The van der Waals surface area contributed by atoms with Crippen molar-refractivity contribution >= 4 is 0 Å². The largest absolute Gasteiger partial charge is 0.330 e. The van der Waals surface area contributed by atoms with Gasteiger partial charge in [0.1, 0.15) is 5.82 Å². The fraction of sp³-hybridized carbons (Fsp3) is 0.250. The molecular weight excluding hydrogens is 225 g/mol. The molecule has 0 saturated carbocycles. The summed E-state index contributed by atoms with van der Waals surface area (Å²) in [6.07, 6.45) is 0. The summed E-state index contributed by atoms with van der Waals surface area (Å²) in [7, 11) is 0. The Kier molecular flexibility index (Phi) is 3.78. The zero-order valence-electron chi connectivity index (χ0n) is 10.8. The number of hydrogen-bond acceptors (Lipinski definition) is 1. The minimum Gasteiger partial charge on any atom is -0.330 e. The molecule has 0 heterocycles. The second-order valence-corrected chi connectivity index (χ2v) is 4.65. The zero-order valence-corrected chi connectivity index (χ0v) is 10.8. The van der Waals surface area contributed by atoms with Crippen molar-refractivity contribution in [1.29, 1.82) is 0 Å². The maximum absolute atomic E-state index is 13.8. The van der Waals surface area contributed by atoms with Gasteiger partial charge in [0.15, 0.2) is 0 Å². The number of halogens is 1. The van der Waals surface area contributed by atoms with Gasteiger partial charge in [-0.3, -0.25) is 0 Å². The first-order valence-corrected chi connectivity index (χ1v) is 6.15. The Labute approximate surface area is 107 Å². The molecule has 0 bridgehead atoms. The van der Waals surface area contributed by atoms with Crippen molar-refractivity contribution in [3.8, 4) is 0 Å². The van der Waals surface area contributed by atoms with Crippen molar-refractivity contribution in [3.63, 3.8) is 0 Å². The number of aryl methyl sites for hydroxylation is 2. The summed E-state index contributed by atoms with van der Waals surface area (Å²) < 4.78 is 13.8. The number of nitrogens with two attached hydrogens (primary N) is 1. The highest BCUT2D eigenvalue weighted by Gasteiger charge is 2.16. The van der Waals surface area contributed by atoms with Crippen molar-refractivity contribution in [3.05, 3.63) is 70.5 Å². The normalized spacial score (nSPS) is 12.4. The highest BCUT2D eigenvalue weighted by molar-refractivity contribution is 5.38. The molecule has 0 fully saturated rings. The Hall–Kier alpha value is -1.67. The topological polar surface area (TPSA) is 26.0 Å². The molecule has 2 heteroatoms. The maximum atomic E-state index is 13.8. The van der Waals surface area contributed by atoms with E-state index in [9.17, 15) is 4.39 Å². The first kappa shape index (κ1) is 12.8. The van der Waals surface area contributed by atoms with Gasteiger partial charge < -0.3 is 5.73 Å². The molecule has 1 unspecified atom stereocenters. The lowest BCUT2D eigenvalue weighted by atomic mass is 9.89. The quantitative estimate of drug-likeness (QED) is 0.876. The van der Waals surface area contributed by atoms with E-state index in [0.717, 1.165) is 5.56 Å². The third kappa shape index (κ3) is 2.44. The fourth-order valence-corrected chi connectivity index (χ4v) is 2.18. The van der Waals surface area contributed by atoms with Crippen molar-refractivity contribution in [2.45, 2.75) is 19.8 Å². The lowest BCUT2D eigenvalue weighted by Crippen LogP contribution is -2.15. The average Bonchev–Trinajstić information content (AvgIpc) is 2.37. The van der Waals surface area contributed by atoms with Gasteiger partial charge in [-0.05, 0) is 42.2 Å². The van der Waals surface area contributed by atoms with Gasteiger partial charge in [0.25, 0.3) is 0 Å². The lowest BCUT2D eigenvalue weighted by molar-refractivity contribution is 0.597. The maximum Gasteiger partial charge on any atom is 0.127 e. The zero-order chi connectivity index (χ0) is 13.1. The molecule has 18 heavy (non-hydrogen) atoms. The van der Waals surface area contributed by atoms with E-state index in [1.165, 1.54) is 17.2 Å². The van der Waals surface area contributed by atoms with E-state index >= 15 is 0 Å². The van der Waals surface area contributed by atoms with Gasteiger partial charge in [-0.15, -0.1) is 0 Å². The van der Waals surface area contributed by atoms with E-state index in [0.29, 0.717) is 12.1 Å². The summed E-state index contributed by atoms with van der Waals surface area (Å²) in [6, 6.07) is 13.0. The lowest BCUT2D eigenvalue weighted by Gasteiger charge is -2.17. The van der Waals surface area contributed by atoms with E-state index < -0.39 is 0 Å². The Morgan fingerprint density at radius 3 is 2.39 bits per heavy atom. The van der Waals surface area contributed by atoms with Crippen LogP contribution in [0.2, 0.25) is 0 Å². The molecule has 94 valence electrons. The number of benzene rings is 2. The first-order chi connectivity index (χ1) is 8.63. The van der Waals surface area contributed by atoms with E-state index in [-0.39, 0.29) is 11.7 Å². The van der Waals surface area contributed by atoms with Crippen LogP contribution in [0.1, 0.15) is 28.2 Å². The predicted molar refractivity (Wildman–Crippen MR) is 73.2 cm³/mol. The highest BCUT2D eigenvalue weighted by atomic mass is 19.1. The minimum absolute atomic E-state index is 0.0782. The summed E-state index contributed by atoms with van der Waals surface area (Å²) in [5.74, 6) is -0.267. The van der Waals surface area contributed by atoms with Crippen LogP contribution < -0.4 is 5.73 Å². The SMILES string of the molecule is Cc1ccc(C(CN)c2ccccc2F)cc1C. The van der Waals surface area contributed by atoms with E-state index in [2.05, 4.69) is 26.0 Å². The summed E-state index contributed by atoms with van der Waals surface area (Å²) in [5.41, 5.74) is 10.0. The molecule has 0 saturated heterocycles. The molecular formula is C16H18FN. The van der Waals surface area contributed by atoms with Gasteiger partial charge in [-0.25, -0.2) is 4.39 Å². The molecule has 0 amide bonds. The molecule has 0 spiro atoms. The summed E-state index contributed by atoms with van der Waals surface area (Å²) in [6.45, 7) is 4.54. The summed E-state index contributed by atoms with van der Waals surface area (Å²) in [4.78, 5) is 0. The second kappa shape index (κ2) is 5.32. The summed E-state index contributed by atoms with van der Waals surface area (Å²) in [5, 5.41) is 0.